The van der Waals surface area contributed by atoms with Crippen LogP contribution in [-0.4, -0.2) is 21.5 Å². The lowest BCUT2D eigenvalue weighted by molar-refractivity contribution is -0.525. The van der Waals surface area contributed by atoms with Crippen LogP contribution >= 0.6 is 0 Å². The molecule has 0 rings (SSSR count). The van der Waals surface area contributed by atoms with Crippen molar-refractivity contribution in [2.75, 3.05) is 0 Å². The topological polar surface area (TPSA) is 146 Å². The van der Waals surface area contributed by atoms with Gasteiger partial charge in [-0.1, -0.05) is 5.43 Å². The fraction of sp³-hybridized carbons (Fsp3) is 0. The Morgan fingerprint density at radius 2 is 2.11 bits per heavy atom. The third kappa shape index (κ3) is 20.7. The van der Waals surface area contributed by atoms with Crippen LogP contribution in [0.2, 0.25) is 0 Å². The maximum atomic E-state index is 9.28. The van der Waals surface area contributed by atoms with Gasteiger partial charge in [-0.05, 0) is 0 Å². The summed E-state index contributed by atoms with van der Waals surface area (Å²) in [7, 11) is 0. The van der Waals surface area contributed by atoms with Crippen molar-refractivity contribution in [2.24, 2.45) is 5.73 Å². The summed E-state index contributed by atoms with van der Waals surface area (Å²) in [5.41, 5.74) is 5.91. The highest BCUT2D eigenvalue weighted by molar-refractivity contribution is 5.72. The van der Waals surface area contributed by atoms with Crippen LogP contribution in [0.4, 0.5) is 0 Å². The standard InChI is InChI=1S/CH4N4O2.H2O2/c2-1(3)4-5(6)7;1-2/h(H4,2,3,4);1-2H. The van der Waals surface area contributed by atoms with E-state index in [1.807, 2.05) is 0 Å². The van der Waals surface area contributed by atoms with Crippen LogP contribution in [0, 0.1) is 15.5 Å². The molecule has 0 radical (unpaired) electrons. The van der Waals surface area contributed by atoms with Gasteiger partial charge in [0.05, 0.1) is 0 Å². The number of nitrogens with one attached hydrogen (secondary N) is 2. The molecule has 0 aromatic carbocycles. The maximum Gasteiger partial charge on any atom is 0.248 e. The smallest absolute Gasteiger partial charge is 0.248 e. The predicted molar refractivity (Wildman–Crippen MR) is 27.3 cm³/mol. The van der Waals surface area contributed by atoms with Gasteiger partial charge in [-0.2, -0.15) is 0 Å². The number of guanidine groups is 1. The fourth-order valence-electron chi connectivity index (χ4n) is 0.0983. The van der Waals surface area contributed by atoms with Crippen LogP contribution in [0.15, 0.2) is 0 Å². The molecule has 8 nitrogen and oxygen atoms in total. The second kappa shape index (κ2) is 6.59. The van der Waals surface area contributed by atoms with E-state index in [0.717, 1.165) is 0 Å². The van der Waals surface area contributed by atoms with Crippen molar-refractivity contribution in [1.29, 1.82) is 5.41 Å². The van der Waals surface area contributed by atoms with Crippen molar-refractivity contribution >= 4 is 5.96 Å². The molecule has 0 spiro atoms. The van der Waals surface area contributed by atoms with Crippen LogP contribution in [-0.2, 0) is 0 Å². The Hall–Kier alpha value is -1.41. The highest BCUT2D eigenvalue weighted by Crippen LogP contribution is 1.50. The van der Waals surface area contributed by atoms with E-state index >= 15 is 0 Å². The molecule has 0 amide bonds. The SMILES string of the molecule is N=C(N)N[N+](=O)[O-].OO. The lowest BCUT2D eigenvalue weighted by Gasteiger charge is -1.86. The number of hydrogen-bond acceptors (Lipinski definition) is 5. The second-order valence-corrected chi connectivity index (χ2v) is 0.783. The lowest BCUT2D eigenvalue weighted by Crippen LogP contribution is -2.34. The van der Waals surface area contributed by atoms with Crippen molar-refractivity contribution in [3.8, 4) is 0 Å². The lowest BCUT2D eigenvalue weighted by atomic mass is 11.1. The van der Waals surface area contributed by atoms with Crippen LogP contribution in [0.3, 0.4) is 0 Å². The quantitative estimate of drug-likeness (QED) is 0.0997. The van der Waals surface area contributed by atoms with E-state index in [-0.39, 0.29) is 0 Å². The Morgan fingerprint density at radius 1 is 1.78 bits per heavy atom. The van der Waals surface area contributed by atoms with E-state index in [2.05, 4.69) is 5.73 Å². The zero-order valence-electron chi connectivity index (χ0n) is 4.24. The summed E-state index contributed by atoms with van der Waals surface area (Å²) in [5.74, 6) is -0.662. The first-order valence-corrected chi connectivity index (χ1v) is 1.58. The number of rotatable bonds is 1. The summed E-state index contributed by atoms with van der Waals surface area (Å²) < 4.78 is 0. The van der Waals surface area contributed by atoms with Crippen molar-refractivity contribution in [3.63, 3.8) is 0 Å². The Morgan fingerprint density at radius 3 is 2.11 bits per heavy atom. The molecule has 0 aliphatic rings. The predicted octanol–water partition coefficient (Wildman–Crippen LogP) is -1.32. The monoisotopic (exact) mass is 138 g/mol. The molecule has 8 heteroatoms. The number of nitrogens with two attached hydrogens (primary N) is 1. The van der Waals surface area contributed by atoms with Gasteiger partial charge in [0.15, 0.2) is 5.03 Å². The van der Waals surface area contributed by atoms with Crippen molar-refractivity contribution < 1.29 is 15.5 Å². The van der Waals surface area contributed by atoms with E-state index in [1.54, 1.807) is 0 Å². The van der Waals surface area contributed by atoms with Crippen LogP contribution < -0.4 is 11.2 Å². The first-order valence-electron chi connectivity index (χ1n) is 1.58. The molecule has 0 unspecified atom stereocenters. The number of hydrazine groups is 1. The van der Waals surface area contributed by atoms with E-state index in [1.165, 1.54) is 5.43 Å². The second-order valence-electron chi connectivity index (χ2n) is 0.783. The Bertz CT molecular complexity index is 88.7. The molecule has 0 heterocycles. The minimum absolute atomic E-state index is 0.662. The molecular weight excluding hydrogens is 132 g/mol. The van der Waals surface area contributed by atoms with Crippen LogP contribution in [0.5, 0.6) is 0 Å². The van der Waals surface area contributed by atoms with Crippen molar-refractivity contribution in [1.82, 2.24) is 5.43 Å². The molecule has 0 saturated carbocycles. The first kappa shape index (κ1) is 10.5. The molecule has 0 aliphatic carbocycles. The molecule has 0 aromatic heterocycles. The summed E-state index contributed by atoms with van der Waals surface area (Å²) >= 11 is 0. The van der Waals surface area contributed by atoms with E-state index in [0.29, 0.717) is 0 Å². The highest BCUT2D eigenvalue weighted by Gasteiger charge is 1.91. The Kier molecular flexibility index (Phi) is 7.72. The Balaban J connectivity index is 0. The molecule has 0 fully saturated rings. The fourth-order valence-corrected chi connectivity index (χ4v) is 0.0983. The number of nitro groups is 1. The van der Waals surface area contributed by atoms with Crippen molar-refractivity contribution in [3.05, 3.63) is 10.1 Å². The normalized spacial score (nSPS) is 6.44. The summed E-state index contributed by atoms with van der Waals surface area (Å²) in [6, 6.07) is 0. The van der Waals surface area contributed by atoms with Gasteiger partial charge in [-0.25, -0.2) is 10.1 Å². The van der Waals surface area contributed by atoms with E-state index in [4.69, 9.17) is 15.9 Å². The molecule has 0 saturated heterocycles. The van der Waals surface area contributed by atoms with Gasteiger partial charge in [0.1, 0.15) is 0 Å². The Labute approximate surface area is 49.5 Å². The molecule has 9 heavy (non-hydrogen) atoms. The largest absolute Gasteiger partial charge is 0.366 e. The van der Waals surface area contributed by atoms with Crippen LogP contribution in [0.25, 0.3) is 0 Å². The molecule has 6 N–H and O–H groups in total. The van der Waals surface area contributed by atoms with E-state index < -0.39 is 11.0 Å². The molecular formula is CH6N4O4. The molecule has 0 bridgehead atoms. The first-order chi connectivity index (χ1) is 4.13. The highest BCUT2D eigenvalue weighted by atomic mass is 17.0. The minimum atomic E-state index is -0.900. The summed E-state index contributed by atoms with van der Waals surface area (Å²) in [4.78, 5) is 9.28. The number of hydrogen-bond donors (Lipinski definition) is 5. The summed E-state index contributed by atoms with van der Waals surface area (Å²) in [6.07, 6.45) is 0. The van der Waals surface area contributed by atoms with Gasteiger partial charge in [0, 0.05) is 0 Å². The third-order valence-corrected chi connectivity index (χ3v) is 0.212. The minimum Gasteiger partial charge on any atom is -0.366 e. The average Bonchev–Trinajstić information content (AvgIpc) is 1.68. The van der Waals surface area contributed by atoms with Gasteiger partial charge in [0.25, 0.3) is 0 Å². The number of nitrogens with zero attached hydrogens (tertiary/aromatic N) is 1. The summed E-state index contributed by atoms with van der Waals surface area (Å²) in [5, 5.41) is 26.6. The van der Waals surface area contributed by atoms with Gasteiger partial charge in [-0.3, -0.25) is 15.9 Å². The van der Waals surface area contributed by atoms with Gasteiger partial charge < -0.3 is 5.73 Å². The average molecular weight is 138 g/mol. The van der Waals surface area contributed by atoms with Gasteiger partial charge in [-0.15, -0.1) is 0 Å². The zero-order valence-corrected chi connectivity index (χ0v) is 4.24. The van der Waals surface area contributed by atoms with Gasteiger partial charge in [0.2, 0.25) is 5.96 Å². The van der Waals surface area contributed by atoms with Crippen molar-refractivity contribution in [2.45, 2.75) is 0 Å². The van der Waals surface area contributed by atoms with Crippen LogP contribution in [0.1, 0.15) is 0 Å². The molecule has 0 atom stereocenters. The summed E-state index contributed by atoms with van der Waals surface area (Å²) in [6.45, 7) is 0. The maximum absolute atomic E-state index is 9.28. The van der Waals surface area contributed by atoms with E-state index in [9.17, 15) is 10.1 Å². The molecule has 0 aromatic rings. The molecule has 0 aliphatic heterocycles. The third-order valence-electron chi connectivity index (χ3n) is 0.212. The molecule has 54 valence electrons. The zero-order chi connectivity index (χ0) is 7.86. The van der Waals surface area contributed by atoms with Gasteiger partial charge >= 0.3 is 0 Å².